The molecule has 2 aromatic rings. The van der Waals surface area contributed by atoms with E-state index in [1.54, 1.807) is 11.3 Å². The molecule has 0 radical (unpaired) electrons. The summed E-state index contributed by atoms with van der Waals surface area (Å²) in [5.74, 6) is 0. The first-order valence-electron chi connectivity index (χ1n) is 6.28. The lowest BCUT2D eigenvalue weighted by molar-refractivity contribution is 0.580. The lowest BCUT2D eigenvalue weighted by atomic mass is 10.3. The molecule has 0 saturated heterocycles. The molecular formula is C13H17Cl2N3S. The van der Waals surface area contributed by atoms with Gasteiger partial charge in [0, 0.05) is 24.5 Å². The van der Waals surface area contributed by atoms with E-state index in [1.165, 1.54) is 4.88 Å². The van der Waals surface area contributed by atoms with Crippen LogP contribution in [0.1, 0.15) is 23.2 Å². The van der Waals surface area contributed by atoms with Crippen LogP contribution in [-0.4, -0.2) is 16.3 Å². The molecule has 0 aromatic carbocycles. The van der Waals surface area contributed by atoms with E-state index in [0.717, 1.165) is 46.8 Å². The molecule has 0 fully saturated rings. The largest absolute Gasteiger partial charge is 0.311 e. The number of halogens is 2. The van der Waals surface area contributed by atoms with Crippen molar-refractivity contribution in [1.82, 2.24) is 15.1 Å². The smallest absolute Gasteiger partial charge is 0.0931 e. The maximum atomic E-state index is 6.25. The second kappa shape index (κ2) is 6.75. The van der Waals surface area contributed by atoms with Crippen LogP contribution in [0.3, 0.4) is 0 Å². The van der Waals surface area contributed by atoms with Crippen molar-refractivity contribution in [2.75, 3.05) is 6.54 Å². The molecule has 6 heteroatoms. The Morgan fingerprint density at radius 1 is 1.37 bits per heavy atom. The Morgan fingerprint density at radius 3 is 2.79 bits per heavy atom. The average molecular weight is 318 g/mol. The Morgan fingerprint density at radius 2 is 2.16 bits per heavy atom. The lowest BCUT2D eigenvalue weighted by Gasteiger charge is -2.06. The number of hydrogen-bond acceptors (Lipinski definition) is 3. The zero-order valence-electron chi connectivity index (χ0n) is 11.0. The average Bonchev–Trinajstić information content (AvgIpc) is 2.92. The summed E-state index contributed by atoms with van der Waals surface area (Å²) >= 11 is 13.8. The van der Waals surface area contributed by atoms with Gasteiger partial charge in [-0.05, 0) is 32.4 Å². The molecular weight excluding hydrogens is 301 g/mol. The molecule has 0 aliphatic rings. The molecule has 2 heterocycles. The lowest BCUT2D eigenvalue weighted by Crippen LogP contribution is -2.19. The van der Waals surface area contributed by atoms with Gasteiger partial charge in [0.25, 0.3) is 0 Å². The number of aryl methyl sites for hydroxylation is 2. The van der Waals surface area contributed by atoms with Crippen molar-refractivity contribution >= 4 is 34.5 Å². The first-order valence-corrected chi connectivity index (χ1v) is 7.85. The molecule has 2 rings (SSSR count). The minimum absolute atomic E-state index is 0.743. The van der Waals surface area contributed by atoms with Crippen molar-refractivity contribution in [3.63, 3.8) is 0 Å². The van der Waals surface area contributed by atoms with Gasteiger partial charge in [0.05, 0.1) is 20.7 Å². The monoisotopic (exact) mass is 317 g/mol. The molecule has 104 valence electrons. The van der Waals surface area contributed by atoms with Crippen LogP contribution in [0.5, 0.6) is 0 Å². The number of aromatic nitrogens is 2. The van der Waals surface area contributed by atoms with Crippen LogP contribution in [0.2, 0.25) is 9.36 Å². The SMILES string of the molecule is CCn1nc(C)c(Cl)c1CNCCc1ccc(Cl)s1. The van der Waals surface area contributed by atoms with Crippen LogP contribution in [-0.2, 0) is 19.5 Å². The zero-order chi connectivity index (χ0) is 13.8. The fourth-order valence-electron chi connectivity index (χ4n) is 1.94. The normalized spacial score (nSPS) is 11.2. The number of nitrogens with one attached hydrogen (secondary N) is 1. The number of hydrogen-bond donors (Lipinski definition) is 1. The molecule has 3 nitrogen and oxygen atoms in total. The minimum Gasteiger partial charge on any atom is -0.311 e. The highest BCUT2D eigenvalue weighted by molar-refractivity contribution is 7.16. The Hall–Kier alpha value is -0.550. The van der Waals surface area contributed by atoms with Crippen molar-refractivity contribution in [2.24, 2.45) is 0 Å². The molecule has 0 unspecified atom stereocenters. The molecule has 0 atom stereocenters. The van der Waals surface area contributed by atoms with Gasteiger partial charge in [0.1, 0.15) is 0 Å². The molecule has 0 spiro atoms. The molecule has 19 heavy (non-hydrogen) atoms. The summed E-state index contributed by atoms with van der Waals surface area (Å²) < 4.78 is 2.80. The Kier molecular flexibility index (Phi) is 5.28. The van der Waals surface area contributed by atoms with Crippen molar-refractivity contribution in [3.05, 3.63) is 37.8 Å². The van der Waals surface area contributed by atoms with Crippen molar-refractivity contribution < 1.29 is 0 Å². The van der Waals surface area contributed by atoms with Gasteiger partial charge in [-0.3, -0.25) is 4.68 Å². The van der Waals surface area contributed by atoms with Crippen LogP contribution in [0.25, 0.3) is 0 Å². The summed E-state index contributed by atoms with van der Waals surface area (Å²) in [5, 5.41) is 8.58. The van der Waals surface area contributed by atoms with Gasteiger partial charge in [-0.25, -0.2) is 0 Å². The third kappa shape index (κ3) is 3.72. The topological polar surface area (TPSA) is 29.9 Å². The number of nitrogens with zero attached hydrogens (tertiary/aromatic N) is 2. The highest BCUT2D eigenvalue weighted by atomic mass is 35.5. The van der Waals surface area contributed by atoms with Crippen LogP contribution < -0.4 is 5.32 Å². The highest BCUT2D eigenvalue weighted by Crippen LogP contribution is 2.22. The minimum atomic E-state index is 0.743. The highest BCUT2D eigenvalue weighted by Gasteiger charge is 2.11. The van der Waals surface area contributed by atoms with E-state index < -0.39 is 0 Å². The van der Waals surface area contributed by atoms with Gasteiger partial charge < -0.3 is 5.32 Å². The molecule has 0 amide bonds. The standard InChI is InChI=1S/C13H17Cl2N3S/c1-3-18-11(13(15)9(2)17-18)8-16-7-6-10-4-5-12(14)19-10/h4-5,16H,3,6-8H2,1-2H3. The molecule has 0 saturated carbocycles. The van der Waals surface area contributed by atoms with Crippen molar-refractivity contribution in [2.45, 2.75) is 33.4 Å². The van der Waals surface area contributed by atoms with Crippen molar-refractivity contribution in [3.8, 4) is 0 Å². The summed E-state index contributed by atoms with van der Waals surface area (Å²) in [6.45, 7) is 6.49. The fourth-order valence-corrected chi connectivity index (χ4v) is 3.23. The van der Waals surface area contributed by atoms with E-state index in [2.05, 4.69) is 23.4 Å². The van der Waals surface area contributed by atoms with Gasteiger partial charge in [0.2, 0.25) is 0 Å². The van der Waals surface area contributed by atoms with Gasteiger partial charge in [0.15, 0.2) is 0 Å². The van der Waals surface area contributed by atoms with E-state index in [4.69, 9.17) is 23.2 Å². The van der Waals surface area contributed by atoms with Gasteiger partial charge in [-0.2, -0.15) is 5.10 Å². The van der Waals surface area contributed by atoms with Gasteiger partial charge in [-0.1, -0.05) is 23.2 Å². The van der Waals surface area contributed by atoms with Crippen LogP contribution >= 0.6 is 34.5 Å². The number of rotatable bonds is 6. The third-order valence-electron chi connectivity index (χ3n) is 2.92. The third-order valence-corrected chi connectivity index (χ3v) is 4.70. The second-order valence-corrected chi connectivity index (χ2v) is 6.47. The van der Waals surface area contributed by atoms with E-state index in [1.807, 2.05) is 17.7 Å². The predicted molar refractivity (Wildman–Crippen MR) is 82.4 cm³/mol. The summed E-state index contributed by atoms with van der Waals surface area (Å²) in [7, 11) is 0. The molecule has 1 N–H and O–H groups in total. The zero-order valence-corrected chi connectivity index (χ0v) is 13.4. The first-order chi connectivity index (χ1) is 9.11. The molecule has 2 aromatic heterocycles. The van der Waals surface area contributed by atoms with Gasteiger partial charge >= 0.3 is 0 Å². The Balaban J connectivity index is 1.85. The van der Waals surface area contributed by atoms with Crippen LogP contribution in [0, 0.1) is 6.92 Å². The van der Waals surface area contributed by atoms with Crippen LogP contribution in [0.4, 0.5) is 0 Å². The summed E-state index contributed by atoms with van der Waals surface area (Å²) in [5.41, 5.74) is 1.95. The quantitative estimate of drug-likeness (QED) is 0.818. The Labute approximate surface area is 127 Å². The van der Waals surface area contributed by atoms with Gasteiger partial charge in [-0.15, -0.1) is 11.3 Å². The van der Waals surface area contributed by atoms with E-state index in [9.17, 15) is 0 Å². The Bertz CT molecular complexity index is 548. The molecule has 0 bridgehead atoms. The number of thiophene rings is 1. The van der Waals surface area contributed by atoms with Crippen LogP contribution in [0.15, 0.2) is 12.1 Å². The molecule has 0 aliphatic heterocycles. The second-order valence-electron chi connectivity index (χ2n) is 4.29. The predicted octanol–water partition coefficient (Wildman–Crippen LogP) is 3.91. The van der Waals surface area contributed by atoms with E-state index in [0.29, 0.717) is 0 Å². The van der Waals surface area contributed by atoms with E-state index >= 15 is 0 Å². The summed E-state index contributed by atoms with van der Waals surface area (Å²) in [4.78, 5) is 1.30. The fraction of sp³-hybridized carbons (Fsp3) is 0.462. The molecule has 0 aliphatic carbocycles. The summed E-state index contributed by atoms with van der Waals surface area (Å²) in [6, 6.07) is 4.01. The maximum Gasteiger partial charge on any atom is 0.0931 e. The maximum absolute atomic E-state index is 6.25. The summed E-state index contributed by atoms with van der Waals surface area (Å²) in [6.07, 6.45) is 0.980. The van der Waals surface area contributed by atoms with E-state index in [-0.39, 0.29) is 0 Å². The first kappa shape index (κ1) is 14.9. The van der Waals surface area contributed by atoms with Crippen molar-refractivity contribution in [1.29, 1.82) is 0 Å².